The predicted octanol–water partition coefficient (Wildman–Crippen LogP) is 2.62. The summed E-state index contributed by atoms with van der Waals surface area (Å²) in [4.78, 5) is 3.72. The van der Waals surface area contributed by atoms with Gasteiger partial charge in [-0.3, -0.25) is 0 Å². The van der Waals surface area contributed by atoms with Crippen LogP contribution >= 0.6 is 0 Å². The van der Waals surface area contributed by atoms with Gasteiger partial charge < -0.3 is 4.42 Å². The number of rotatable bonds is 1. The summed E-state index contributed by atoms with van der Waals surface area (Å²) in [5.74, 6) is -1.02. The van der Waals surface area contributed by atoms with Gasteiger partial charge in [0.2, 0.25) is 0 Å². The molecule has 2 aromatic rings. The minimum atomic E-state index is -0.518. The molecule has 1 heterocycles. The lowest BCUT2D eigenvalue weighted by molar-refractivity contribution is 0.558. The summed E-state index contributed by atoms with van der Waals surface area (Å²) in [5, 5.41) is 0. The molecule has 0 aliphatic heterocycles. The van der Waals surface area contributed by atoms with E-state index in [1.807, 2.05) is 0 Å². The third-order valence-corrected chi connectivity index (χ3v) is 1.64. The summed E-state index contributed by atoms with van der Waals surface area (Å²) in [6.07, 6.45) is 2.43. The van der Waals surface area contributed by atoms with Crippen molar-refractivity contribution < 1.29 is 13.2 Å². The van der Waals surface area contributed by atoms with Gasteiger partial charge in [0.05, 0.1) is 0 Å². The molecule has 0 aliphatic carbocycles. The van der Waals surface area contributed by atoms with Crippen LogP contribution in [0.25, 0.3) is 11.3 Å². The molecule has 13 heavy (non-hydrogen) atoms. The molecule has 2 rings (SSSR count). The van der Waals surface area contributed by atoms with Crippen molar-refractivity contribution in [2.45, 2.75) is 0 Å². The highest BCUT2D eigenvalue weighted by molar-refractivity contribution is 5.58. The van der Waals surface area contributed by atoms with Gasteiger partial charge >= 0.3 is 0 Å². The van der Waals surface area contributed by atoms with Crippen LogP contribution in [0, 0.1) is 11.6 Å². The molecule has 66 valence electrons. The maximum absolute atomic E-state index is 13.1. The number of halogens is 2. The summed E-state index contributed by atoms with van der Waals surface area (Å²) in [6.45, 7) is 0. The van der Waals surface area contributed by atoms with Crippen LogP contribution in [0.1, 0.15) is 0 Å². The molecule has 0 spiro atoms. The van der Waals surface area contributed by atoms with Crippen molar-refractivity contribution in [1.82, 2.24) is 4.98 Å². The molecule has 0 saturated heterocycles. The number of hydrogen-bond acceptors (Lipinski definition) is 2. The Morgan fingerprint density at radius 3 is 2.77 bits per heavy atom. The first-order valence-corrected chi connectivity index (χ1v) is 3.61. The Kier molecular flexibility index (Phi) is 1.81. The summed E-state index contributed by atoms with van der Waals surface area (Å²) in [6, 6.07) is 3.19. The van der Waals surface area contributed by atoms with E-state index in [1.165, 1.54) is 12.7 Å². The van der Waals surface area contributed by atoms with Crippen LogP contribution < -0.4 is 0 Å². The number of hydrogen-bond donors (Lipinski definition) is 0. The summed E-state index contributed by atoms with van der Waals surface area (Å²) in [5.41, 5.74) is 0.394. The van der Waals surface area contributed by atoms with Crippen molar-refractivity contribution in [3.05, 3.63) is 42.5 Å². The van der Waals surface area contributed by atoms with E-state index in [-0.39, 0.29) is 11.3 Å². The van der Waals surface area contributed by atoms with Crippen LogP contribution in [0.5, 0.6) is 0 Å². The average molecular weight is 181 g/mol. The Balaban J connectivity index is 2.57. The van der Waals surface area contributed by atoms with Crippen molar-refractivity contribution in [2.24, 2.45) is 0 Å². The summed E-state index contributed by atoms with van der Waals surface area (Å²) < 4.78 is 30.5. The highest BCUT2D eigenvalue weighted by atomic mass is 19.1. The molecule has 0 atom stereocenters. The zero-order valence-corrected chi connectivity index (χ0v) is 6.50. The quantitative estimate of drug-likeness (QED) is 0.675. The molecule has 2 nitrogen and oxygen atoms in total. The first-order valence-electron chi connectivity index (χ1n) is 3.61. The lowest BCUT2D eigenvalue weighted by Gasteiger charge is -1.97. The second-order valence-corrected chi connectivity index (χ2v) is 2.50. The smallest absolute Gasteiger partial charge is 0.181 e. The van der Waals surface area contributed by atoms with Gasteiger partial charge in [0.15, 0.2) is 6.39 Å². The Morgan fingerprint density at radius 1 is 1.23 bits per heavy atom. The second-order valence-electron chi connectivity index (χ2n) is 2.50. The third kappa shape index (κ3) is 1.42. The van der Waals surface area contributed by atoms with Gasteiger partial charge in [-0.2, -0.15) is 0 Å². The van der Waals surface area contributed by atoms with Crippen molar-refractivity contribution >= 4 is 0 Å². The Hall–Kier alpha value is -1.71. The van der Waals surface area contributed by atoms with E-state index in [0.29, 0.717) is 0 Å². The fourth-order valence-corrected chi connectivity index (χ4v) is 1.04. The minimum absolute atomic E-state index is 0.105. The summed E-state index contributed by atoms with van der Waals surface area (Å²) >= 11 is 0. The molecule has 0 bridgehead atoms. The molecule has 0 fully saturated rings. The molecule has 1 aromatic heterocycles. The highest BCUT2D eigenvalue weighted by Crippen LogP contribution is 2.21. The highest BCUT2D eigenvalue weighted by Gasteiger charge is 2.08. The summed E-state index contributed by atoms with van der Waals surface area (Å²) in [7, 11) is 0. The third-order valence-electron chi connectivity index (χ3n) is 1.64. The van der Waals surface area contributed by atoms with Gasteiger partial charge in [0, 0.05) is 5.56 Å². The van der Waals surface area contributed by atoms with Gasteiger partial charge in [-0.05, 0) is 18.2 Å². The Morgan fingerprint density at radius 2 is 2.08 bits per heavy atom. The molecule has 1 aromatic carbocycles. The van der Waals surface area contributed by atoms with Gasteiger partial charge in [-0.1, -0.05) is 0 Å². The normalized spacial score (nSPS) is 10.3. The van der Waals surface area contributed by atoms with Gasteiger partial charge in [-0.15, -0.1) is 0 Å². The predicted molar refractivity (Wildman–Crippen MR) is 41.9 cm³/mol. The molecule has 0 radical (unpaired) electrons. The van der Waals surface area contributed by atoms with Crippen molar-refractivity contribution in [3.8, 4) is 11.3 Å². The number of nitrogens with zero attached hydrogens (tertiary/aromatic N) is 1. The van der Waals surface area contributed by atoms with Crippen LogP contribution in [0.15, 0.2) is 35.3 Å². The number of benzene rings is 1. The first-order chi connectivity index (χ1) is 6.27. The van der Waals surface area contributed by atoms with Gasteiger partial charge in [0.25, 0.3) is 0 Å². The van der Waals surface area contributed by atoms with Crippen LogP contribution in [0.4, 0.5) is 8.78 Å². The van der Waals surface area contributed by atoms with Crippen LogP contribution in [-0.4, -0.2) is 4.98 Å². The van der Waals surface area contributed by atoms with E-state index < -0.39 is 11.6 Å². The zero-order chi connectivity index (χ0) is 9.26. The fraction of sp³-hybridized carbons (Fsp3) is 0. The van der Waals surface area contributed by atoms with Gasteiger partial charge in [0.1, 0.15) is 23.6 Å². The average Bonchev–Trinajstić information content (AvgIpc) is 2.61. The molecular formula is C9H5F2NO. The molecule has 0 saturated carbocycles. The van der Waals surface area contributed by atoms with Crippen LogP contribution in [-0.2, 0) is 0 Å². The molecular weight excluding hydrogens is 176 g/mol. The maximum Gasteiger partial charge on any atom is 0.181 e. The number of aromatic nitrogens is 1. The maximum atomic E-state index is 13.1. The van der Waals surface area contributed by atoms with E-state index in [9.17, 15) is 8.78 Å². The molecule has 0 N–H and O–H groups in total. The minimum Gasteiger partial charge on any atom is -0.451 e. The van der Waals surface area contributed by atoms with E-state index in [2.05, 4.69) is 9.40 Å². The largest absolute Gasteiger partial charge is 0.451 e. The topological polar surface area (TPSA) is 26.0 Å². The van der Waals surface area contributed by atoms with E-state index >= 15 is 0 Å². The Labute approximate surface area is 72.8 Å². The number of oxazole rings is 1. The van der Waals surface area contributed by atoms with E-state index in [4.69, 9.17) is 0 Å². The SMILES string of the molecule is Fc1ccc(F)c(-c2cocn2)c1. The second kappa shape index (κ2) is 2.97. The van der Waals surface area contributed by atoms with Gasteiger partial charge in [-0.25, -0.2) is 13.8 Å². The van der Waals surface area contributed by atoms with Crippen molar-refractivity contribution in [3.63, 3.8) is 0 Å². The Bertz CT molecular complexity index is 412. The molecule has 0 amide bonds. The van der Waals surface area contributed by atoms with Crippen molar-refractivity contribution in [1.29, 1.82) is 0 Å². The zero-order valence-electron chi connectivity index (χ0n) is 6.50. The lowest BCUT2D eigenvalue weighted by atomic mass is 10.1. The first kappa shape index (κ1) is 7.91. The standard InChI is InChI=1S/C9H5F2NO/c10-6-1-2-8(11)7(3-6)9-4-13-5-12-9/h1-5H. The van der Waals surface area contributed by atoms with Crippen LogP contribution in [0.3, 0.4) is 0 Å². The lowest BCUT2D eigenvalue weighted by Crippen LogP contribution is -1.85. The van der Waals surface area contributed by atoms with Crippen molar-refractivity contribution in [2.75, 3.05) is 0 Å². The van der Waals surface area contributed by atoms with Crippen LogP contribution in [0.2, 0.25) is 0 Å². The molecule has 4 heteroatoms. The molecule has 0 unspecified atom stereocenters. The fourth-order valence-electron chi connectivity index (χ4n) is 1.04. The monoisotopic (exact) mass is 181 g/mol. The van der Waals surface area contributed by atoms with E-state index in [0.717, 1.165) is 18.2 Å². The molecule has 0 aliphatic rings. The van der Waals surface area contributed by atoms with E-state index in [1.54, 1.807) is 0 Å².